The van der Waals surface area contributed by atoms with Crippen LogP contribution in [0.5, 0.6) is 0 Å². The molecule has 0 bridgehead atoms. The molecule has 2 heterocycles. The van der Waals surface area contributed by atoms with Gasteiger partial charge in [0.25, 0.3) is 0 Å². The van der Waals surface area contributed by atoms with E-state index in [-0.39, 0.29) is 5.97 Å². The largest absolute Gasteiger partial charge is 0.465 e. The van der Waals surface area contributed by atoms with Crippen molar-refractivity contribution < 1.29 is 9.53 Å². The first-order chi connectivity index (χ1) is 9.93. The Kier molecular flexibility index (Phi) is 5.22. The molecule has 1 aromatic rings. The summed E-state index contributed by atoms with van der Waals surface area (Å²) in [5.74, 6) is -0.223. The van der Waals surface area contributed by atoms with Gasteiger partial charge < -0.3 is 15.0 Å². The van der Waals surface area contributed by atoms with Gasteiger partial charge in [0.15, 0.2) is 5.13 Å². The van der Waals surface area contributed by atoms with E-state index in [0.29, 0.717) is 12.6 Å². The number of ether oxygens (including phenoxy) is 1. The normalized spacial score (nSPS) is 20.3. The van der Waals surface area contributed by atoms with Crippen LogP contribution in [0.2, 0.25) is 0 Å². The molecular formula is C15H25N3O2S. The number of thiazole rings is 1. The number of rotatable bonds is 5. The Bertz CT molecular complexity index is 487. The van der Waals surface area contributed by atoms with Gasteiger partial charge in [-0.2, -0.15) is 0 Å². The Morgan fingerprint density at radius 3 is 3.05 bits per heavy atom. The predicted octanol–water partition coefficient (Wildman–Crippen LogP) is 2.49. The highest BCUT2D eigenvalue weighted by Gasteiger charge is 2.34. The summed E-state index contributed by atoms with van der Waals surface area (Å²) in [5, 5.41) is 6.33. The lowest BCUT2D eigenvalue weighted by atomic mass is 9.90. The van der Waals surface area contributed by atoms with Crippen LogP contribution in [-0.2, 0) is 14.9 Å². The fraction of sp³-hybridized carbons (Fsp3) is 0.733. The minimum Gasteiger partial charge on any atom is -0.465 e. The molecule has 1 aliphatic heterocycles. The minimum atomic E-state index is -0.699. The van der Waals surface area contributed by atoms with Crippen LogP contribution in [-0.4, -0.2) is 48.6 Å². The van der Waals surface area contributed by atoms with Crippen molar-refractivity contribution in [3.63, 3.8) is 0 Å². The lowest BCUT2D eigenvalue weighted by Crippen LogP contribution is -2.39. The summed E-state index contributed by atoms with van der Waals surface area (Å²) in [4.78, 5) is 18.9. The van der Waals surface area contributed by atoms with E-state index in [1.54, 1.807) is 11.3 Å². The van der Waals surface area contributed by atoms with Crippen molar-refractivity contribution in [2.45, 2.75) is 45.1 Å². The molecule has 1 N–H and O–H groups in total. The van der Waals surface area contributed by atoms with Gasteiger partial charge in [0.1, 0.15) is 5.41 Å². The van der Waals surface area contributed by atoms with Crippen LogP contribution in [0.4, 0.5) is 5.13 Å². The Balaban J connectivity index is 2.02. The first-order valence-electron chi connectivity index (χ1n) is 7.51. The number of aromatic nitrogens is 1. The van der Waals surface area contributed by atoms with Gasteiger partial charge in [0.05, 0.1) is 12.3 Å². The van der Waals surface area contributed by atoms with E-state index in [0.717, 1.165) is 23.9 Å². The molecule has 1 unspecified atom stereocenters. The monoisotopic (exact) mass is 311 g/mol. The standard InChI is InChI=1S/C15H25N3O2S/c1-5-20-13(19)15(2,3)12-10-21-14(17-12)16-11-7-6-8-18(4)9-11/h10-11H,5-9H2,1-4H3,(H,16,17). The van der Waals surface area contributed by atoms with Gasteiger partial charge in [-0.25, -0.2) is 4.98 Å². The number of esters is 1. The van der Waals surface area contributed by atoms with Crippen LogP contribution < -0.4 is 5.32 Å². The second-order valence-electron chi connectivity index (χ2n) is 6.13. The van der Waals surface area contributed by atoms with Crippen LogP contribution in [0, 0.1) is 0 Å². The average molecular weight is 311 g/mol. The van der Waals surface area contributed by atoms with Crippen molar-refractivity contribution in [3.05, 3.63) is 11.1 Å². The SMILES string of the molecule is CCOC(=O)C(C)(C)c1csc(NC2CCCN(C)C2)n1. The van der Waals surface area contributed by atoms with E-state index >= 15 is 0 Å². The van der Waals surface area contributed by atoms with Gasteiger partial charge in [-0.05, 0) is 47.2 Å². The number of hydrogen-bond donors (Lipinski definition) is 1. The number of likely N-dealkylation sites (N-methyl/N-ethyl adjacent to an activating group) is 1. The molecule has 5 nitrogen and oxygen atoms in total. The highest BCUT2D eigenvalue weighted by Crippen LogP contribution is 2.29. The molecule has 1 atom stereocenters. The van der Waals surface area contributed by atoms with Gasteiger partial charge in [0, 0.05) is 18.0 Å². The van der Waals surface area contributed by atoms with Gasteiger partial charge in [-0.3, -0.25) is 4.79 Å². The third-order valence-electron chi connectivity index (χ3n) is 3.88. The lowest BCUT2D eigenvalue weighted by Gasteiger charge is -2.30. The van der Waals surface area contributed by atoms with E-state index in [2.05, 4.69) is 22.2 Å². The molecule has 118 valence electrons. The smallest absolute Gasteiger partial charge is 0.317 e. The van der Waals surface area contributed by atoms with Gasteiger partial charge in [0.2, 0.25) is 0 Å². The van der Waals surface area contributed by atoms with Crippen LogP contribution in [0.15, 0.2) is 5.38 Å². The average Bonchev–Trinajstić information content (AvgIpc) is 2.88. The van der Waals surface area contributed by atoms with Gasteiger partial charge in [-0.1, -0.05) is 0 Å². The molecule has 1 aromatic heterocycles. The van der Waals surface area contributed by atoms with Crippen molar-refractivity contribution >= 4 is 22.4 Å². The molecule has 0 aliphatic carbocycles. The molecule has 1 fully saturated rings. The van der Waals surface area contributed by atoms with E-state index in [1.807, 2.05) is 26.2 Å². The third kappa shape index (κ3) is 3.95. The number of anilines is 1. The molecule has 6 heteroatoms. The maximum absolute atomic E-state index is 12.0. The molecule has 1 aliphatic rings. The number of carbonyl (C=O) groups excluding carboxylic acids is 1. The maximum atomic E-state index is 12.0. The number of likely N-dealkylation sites (tertiary alicyclic amines) is 1. The molecule has 2 rings (SSSR count). The molecular weight excluding hydrogens is 286 g/mol. The molecule has 0 amide bonds. The fourth-order valence-corrected chi connectivity index (χ4v) is 3.46. The second-order valence-corrected chi connectivity index (χ2v) is 6.99. The van der Waals surface area contributed by atoms with E-state index in [4.69, 9.17) is 4.74 Å². The van der Waals surface area contributed by atoms with Crippen LogP contribution in [0.1, 0.15) is 39.3 Å². The number of hydrogen-bond acceptors (Lipinski definition) is 6. The fourth-order valence-electron chi connectivity index (χ4n) is 2.50. The van der Waals surface area contributed by atoms with Crippen LogP contribution >= 0.6 is 11.3 Å². The molecule has 21 heavy (non-hydrogen) atoms. The van der Waals surface area contributed by atoms with E-state index in [9.17, 15) is 4.79 Å². The summed E-state index contributed by atoms with van der Waals surface area (Å²) in [6.45, 7) is 8.14. The summed E-state index contributed by atoms with van der Waals surface area (Å²) < 4.78 is 5.13. The maximum Gasteiger partial charge on any atom is 0.317 e. The van der Waals surface area contributed by atoms with E-state index < -0.39 is 5.41 Å². The number of carbonyl (C=O) groups is 1. The molecule has 0 aromatic carbocycles. The van der Waals surface area contributed by atoms with E-state index in [1.165, 1.54) is 12.8 Å². The molecule has 0 saturated carbocycles. The Labute approximate surface area is 130 Å². The summed E-state index contributed by atoms with van der Waals surface area (Å²) in [6.07, 6.45) is 2.38. The zero-order chi connectivity index (χ0) is 15.5. The highest BCUT2D eigenvalue weighted by molar-refractivity contribution is 7.13. The van der Waals surface area contributed by atoms with Gasteiger partial charge >= 0.3 is 5.97 Å². The van der Waals surface area contributed by atoms with Crippen LogP contribution in [0.3, 0.4) is 0 Å². The second kappa shape index (κ2) is 6.75. The number of nitrogens with one attached hydrogen (secondary N) is 1. The highest BCUT2D eigenvalue weighted by atomic mass is 32.1. The summed E-state index contributed by atoms with van der Waals surface area (Å²) in [6, 6.07) is 0.438. The summed E-state index contributed by atoms with van der Waals surface area (Å²) in [7, 11) is 2.14. The Morgan fingerprint density at radius 2 is 2.38 bits per heavy atom. The molecule has 0 radical (unpaired) electrons. The number of nitrogens with zero attached hydrogens (tertiary/aromatic N) is 2. The summed E-state index contributed by atoms with van der Waals surface area (Å²) >= 11 is 1.56. The first-order valence-corrected chi connectivity index (χ1v) is 8.39. The predicted molar refractivity (Wildman–Crippen MR) is 85.9 cm³/mol. The Hall–Kier alpha value is -1.14. The zero-order valence-electron chi connectivity index (χ0n) is 13.3. The van der Waals surface area contributed by atoms with Crippen LogP contribution in [0.25, 0.3) is 0 Å². The topological polar surface area (TPSA) is 54.5 Å². The van der Waals surface area contributed by atoms with Crippen molar-refractivity contribution in [1.29, 1.82) is 0 Å². The zero-order valence-corrected chi connectivity index (χ0v) is 14.1. The van der Waals surface area contributed by atoms with Crippen molar-refractivity contribution in [2.75, 3.05) is 32.1 Å². The molecule has 0 spiro atoms. The van der Waals surface area contributed by atoms with Crippen molar-refractivity contribution in [3.8, 4) is 0 Å². The Morgan fingerprint density at radius 1 is 1.62 bits per heavy atom. The quantitative estimate of drug-likeness (QED) is 0.847. The minimum absolute atomic E-state index is 0.223. The van der Waals surface area contributed by atoms with Gasteiger partial charge in [-0.15, -0.1) is 11.3 Å². The third-order valence-corrected chi connectivity index (χ3v) is 4.66. The molecule has 1 saturated heterocycles. The summed E-state index contributed by atoms with van der Waals surface area (Å²) in [5.41, 5.74) is 0.0770. The number of piperidine rings is 1. The van der Waals surface area contributed by atoms with Crippen molar-refractivity contribution in [1.82, 2.24) is 9.88 Å². The lowest BCUT2D eigenvalue weighted by molar-refractivity contribution is -0.148. The first kappa shape index (κ1) is 16.2. The van der Waals surface area contributed by atoms with Crippen molar-refractivity contribution in [2.24, 2.45) is 0 Å².